The SMILES string of the molecule is CCN(CC)C(C)C.CCNCC. The molecule has 0 bridgehead atoms. The van der Waals surface area contributed by atoms with Crippen LogP contribution in [0.5, 0.6) is 0 Å². The Balaban J connectivity index is 0. The molecule has 82 valence electrons. The molecule has 0 saturated carbocycles. The first-order valence-electron chi connectivity index (χ1n) is 5.58. The highest BCUT2D eigenvalue weighted by molar-refractivity contribution is 4.56. The molecule has 2 nitrogen and oxygen atoms in total. The van der Waals surface area contributed by atoms with Gasteiger partial charge >= 0.3 is 0 Å². The van der Waals surface area contributed by atoms with Crippen LogP contribution in [0.3, 0.4) is 0 Å². The van der Waals surface area contributed by atoms with Crippen molar-refractivity contribution in [2.24, 2.45) is 0 Å². The van der Waals surface area contributed by atoms with Crippen LogP contribution in [0.15, 0.2) is 0 Å². The molecule has 0 aliphatic rings. The molecule has 1 N–H and O–H groups in total. The van der Waals surface area contributed by atoms with Crippen molar-refractivity contribution in [2.75, 3.05) is 26.2 Å². The molecule has 0 aliphatic heterocycles. The van der Waals surface area contributed by atoms with E-state index in [-0.39, 0.29) is 0 Å². The Morgan fingerprint density at radius 3 is 1.31 bits per heavy atom. The topological polar surface area (TPSA) is 15.3 Å². The van der Waals surface area contributed by atoms with Crippen molar-refractivity contribution < 1.29 is 0 Å². The van der Waals surface area contributed by atoms with Crippen LogP contribution in [0.1, 0.15) is 41.5 Å². The lowest BCUT2D eigenvalue weighted by atomic mass is 10.3. The van der Waals surface area contributed by atoms with Gasteiger partial charge in [-0.25, -0.2) is 0 Å². The van der Waals surface area contributed by atoms with Gasteiger partial charge in [-0.3, -0.25) is 0 Å². The predicted molar refractivity (Wildman–Crippen MR) is 62.3 cm³/mol. The molecule has 0 heterocycles. The minimum atomic E-state index is 0.713. The largest absolute Gasteiger partial charge is 0.317 e. The maximum absolute atomic E-state index is 3.11. The molecule has 2 heteroatoms. The van der Waals surface area contributed by atoms with Crippen molar-refractivity contribution in [1.82, 2.24) is 10.2 Å². The maximum atomic E-state index is 3.11. The third-order valence-corrected chi connectivity index (χ3v) is 2.04. The second-order valence-electron chi connectivity index (χ2n) is 3.27. The van der Waals surface area contributed by atoms with Gasteiger partial charge in [-0.1, -0.05) is 27.7 Å². The Morgan fingerprint density at radius 2 is 1.31 bits per heavy atom. The van der Waals surface area contributed by atoms with Crippen molar-refractivity contribution in [1.29, 1.82) is 0 Å². The van der Waals surface area contributed by atoms with E-state index in [1.165, 1.54) is 13.1 Å². The summed E-state index contributed by atoms with van der Waals surface area (Å²) in [6.07, 6.45) is 0. The third kappa shape index (κ3) is 11.9. The van der Waals surface area contributed by atoms with Crippen molar-refractivity contribution in [2.45, 2.75) is 47.6 Å². The average Bonchev–Trinajstić information content (AvgIpc) is 2.08. The molecular weight excluding hydrogens is 160 g/mol. The molecule has 0 aromatic rings. The van der Waals surface area contributed by atoms with Gasteiger partial charge in [-0.2, -0.15) is 0 Å². The summed E-state index contributed by atoms with van der Waals surface area (Å²) < 4.78 is 0. The molecule has 0 radical (unpaired) electrons. The van der Waals surface area contributed by atoms with Crippen molar-refractivity contribution in [3.8, 4) is 0 Å². The average molecular weight is 188 g/mol. The van der Waals surface area contributed by atoms with E-state index in [1.807, 2.05) is 0 Å². The molecule has 0 aliphatic carbocycles. The first kappa shape index (κ1) is 15.4. The van der Waals surface area contributed by atoms with E-state index in [2.05, 4.69) is 51.8 Å². The summed E-state index contributed by atoms with van der Waals surface area (Å²) in [6, 6.07) is 0.713. The fourth-order valence-electron chi connectivity index (χ4n) is 1.20. The number of hydrogen-bond acceptors (Lipinski definition) is 2. The second-order valence-corrected chi connectivity index (χ2v) is 3.27. The fraction of sp³-hybridized carbons (Fsp3) is 1.00. The molecule has 0 aromatic carbocycles. The zero-order valence-electron chi connectivity index (χ0n) is 10.4. The Hall–Kier alpha value is -0.0800. The van der Waals surface area contributed by atoms with Crippen molar-refractivity contribution in [3.05, 3.63) is 0 Å². The van der Waals surface area contributed by atoms with E-state index < -0.39 is 0 Å². The van der Waals surface area contributed by atoms with Gasteiger partial charge in [0.15, 0.2) is 0 Å². The maximum Gasteiger partial charge on any atom is 0.00383 e. The van der Waals surface area contributed by atoms with Gasteiger partial charge in [0.05, 0.1) is 0 Å². The Bertz CT molecular complexity index is 76.2. The molecule has 13 heavy (non-hydrogen) atoms. The summed E-state index contributed by atoms with van der Waals surface area (Å²) >= 11 is 0. The van der Waals surface area contributed by atoms with Gasteiger partial charge in [0.1, 0.15) is 0 Å². The molecule has 0 spiro atoms. The quantitative estimate of drug-likeness (QED) is 0.712. The summed E-state index contributed by atoms with van der Waals surface area (Å²) in [7, 11) is 0. The van der Waals surface area contributed by atoms with Gasteiger partial charge in [-0.15, -0.1) is 0 Å². The number of nitrogens with one attached hydrogen (secondary N) is 1. The lowest BCUT2D eigenvalue weighted by molar-refractivity contribution is 0.246. The standard InChI is InChI=1S/C7H17N.C4H11N/c1-5-8(6-2)7(3)4;1-3-5-4-2/h7H,5-6H2,1-4H3;5H,3-4H2,1-2H3. The lowest BCUT2D eigenvalue weighted by Crippen LogP contribution is -2.29. The van der Waals surface area contributed by atoms with E-state index in [0.717, 1.165) is 13.1 Å². The Kier molecular flexibility index (Phi) is 14.1. The highest BCUT2D eigenvalue weighted by Gasteiger charge is 2.00. The number of hydrogen-bond donors (Lipinski definition) is 1. The molecule has 0 unspecified atom stereocenters. The fourth-order valence-corrected chi connectivity index (χ4v) is 1.20. The third-order valence-electron chi connectivity index (χ3n) is 2.04. The van der Waals surface area contributed by atoms with Gasteiger partial charge < -0.3 is 10.2 Å². The summed E-state index contributed by atoms with van der Waals surface area (Å²) in [5.41, 5.74) is 0. The lowest BCUT2D eigenvalue weighted by Gasteiger charge is -2.21. The minimum absolute atomic E-state index is 0.713. The molecule has 0 aromatic heterocycles. The van der Waals surface area contributed by atoms with E-state index >= 15 is 0 Å². The van der Waals surface area contributed by atoms with Crippen LogP contribution in [0.2, 0.25) is 0 Å². The van der Waals surface area contributed by atoms with E-state index in [4.69, 9.17) is 0 Å². The minimum Gasteiger partial charge on any atom is -0.317 e. The van der Waals surface area contributed by atoms with Crippen LogP contribution in [-0.2, 0) is 0 Å². The smallest absolute Gasteiger partial charge is 0.00383 e. The van der Waals surface area contributed by atoms with Gasteiger partial charge in [0, 0.05) is 6.04 Å². The summed E-state index contributed by atoms with van der Waals surface area (Å²) in [4.78, 5) is 2.42. The molecule has 0 saturated heterocycles. The Labute approximate surface area is 84.7 Å². The zero-order valence-corrected chi connectivity index (χ0v) is 10.4. The normalized spacial score (nSPS) is 10.2. The Morgan fingerprint density at radius 1 is 0.923 bits per heavy atom. The first-order valence-corrected chi connectivity index (χ1v) is 5.58. The predicted octanol–water partition coefficient (Wildman–Crippen LogP) is 2.35. The molecule has 0 fully saturated rings. The van der Waals surface area contributed by atoms with Crippen LogP contribution in [0.4, 0.5) is 0 Å². The van der Waals surface area contributed by atoms with Crippen LogP contribution in [-0.4, -0.2) is 37.1 Å². The molecule has 0 amide bonds. The second kappa shape index (κ2) is 11.9. The van der Waals surface area contributed by atoms with E-state index in [1.54, 1.807) is 0 Å². The number of rotatable bonds is 5. The van der Waals surface area contributed by atoms with Crippen molar-refractivity contribution >= 4 is 0 Å². The van der Waals surface area contributed by atoms with Crippen LogP contribution >= 0.6 is 0 Å². The number of nitrogens with zero attached hydrogens (tertiary/aromatic N) is 1. The molecular formula is C11H28N2. The highest BCUT2D eigenvalue weighted by Crippen LogP contribution is 1.94. The van der Waals surface area contributed by atoms with E-state index in [9.17, 15) is 0 Å². The summed E-state index contributed by atoms with van der Waals surface area (Å²) in [5, 5.41) is 3.11. The van der Waals surface area contributed by atoms with Gasteiger partial charge in [0.2, 0.25) is 0 Å². The summed E-state index contributed by atoms with van der Waals surface area (Å²) in [5.74, 6) is 0. The van der Waals surface area contributed by atoms with Crippen LogP contribution < -0.4 is 5.32 Å². The van der Waals surface area contributed by atoms with Gasteiger partial charge in [0.25, 0.3) is 0 Å². The zero-order chi connectivity index (χ0) is 10.7. The van der Waals surface area contributed by atoms with Gasteiger partial charge in [-0.05, 0) is 40.0 Å². The monoisotopic (exact) mass is 188 g/mol. The van der Waals surface area contributed by atoms with Crippen LogP contribution in [0, 0.1) is 0 Å². The van der Waals surface area contributed by atoms with E-state index in [0.29, 0.717) is 6.04 Å². The first-order chi connectivity index (χ1) is 6.13. The molecule has 0 atom stereocenters. The van der Waals surface area contributed by atoms with Crippen LogP contribution in [0.25, 0.3) is 0 Å². The highest BCUT2D eigenvalue weighted by atomic mass is 15.1. The van der Waals surface area contributed by atoms with Crippen molar-refractivity contribution in [3.63, 3.8) is 0 Å². The molecule has 0 rings (SSSR count). The summed E-state index contributed by atoms with van der Waals surface area (Å²) in [6.45, 7) is 17.6.